The minimum absolute atomic E-state index is 0.240. The predicted octanol–water partition coefficient (Wildman–Crippen LogP) is 3.40. The zero-order chi connectivity index (χ0) is 16.1. The number of piperidine rings is 1. The molecule has 0 aromatic heterocycles. The van der Waals surface area contributed by atoms with E-state index in [0.29, 0.717) is 0 Å². The summed E-state index contributed by atoms with van der Waals surface area (Å²) in [5.41, 5.74) is 3.33. The van der Waals surface area contributed by atoms with E-state index in [4.69, 9.17) is 9.47 Å². The highest BCUT2D eigenvalue weighted by Crippen LogP contribution is 2.53. The molecule has 1 aromatic rings. The fourth-order valence-corrected chi connectivity index (χ4v) is 5.65. The summed E-state index contributed by atoms with van der Waals surface area (Å²) in [6, 6.07) is 7.58. The predicted molar refractivity (Wildman–Crippen MR) is 94.6 cm³/mol. The molecule has 3 heteroatoms. The molecule has 130 valence electrons. The van der Waals surface area contributed by atoms with Crippen molar-refractivity contribution >= 4 is 0 Å². The van der Waals surface area contributed by atoms with E-state index in [0.717, 1.165) is 43.4 Å². The monoisotopic (exact) mass is 327 g/mol. The molecule has 3 nitrogen and oxygen atoms in total. The standard InChI is InChI=1S/C21H29NO2/c1-2-24-17-6-5-16-11-20-18-7-10-23-14-21(18,19(16)12-17)8-9-22(20)13-15-3-4-15/h5-6,12,15,18,20H,2-4,7-11,13-14H2,1H3/t18-,20+,21-/m0/s1. The Morgan fingerprint density at radius 2 is 2.21 bits per heavy atom. The van der Waals surface area contributed by atoms with Crippen LogP contribution in [0, 0.1) is 11.8 Å². The van der Waals surface area contributed by atoms with Gasteiger partial charge >= 0.3 is 0 Å². The molecule has 2 bridgehead atoms. The van der Waals surface area contributed by atoms with Crippen molar-refractivity contribution in [3.05, 3.63) is 29.3 Å². The van der Waals surface area contributed by atoms with Crippen LogP contribution in [0.25, 0.3) is 0 Å². The largest absolute Gasteiger partial charge is 0.494 e. The summed E-state index contributed by atoms with van der Waals surface area (Å²) in [5, 5.41) is 0. The third-order valence-corrected chi connectivity index (χ3v) is 6.97. The first-order chi connectivity index (χ1) is 11.8. The van der Waals surface area contributed by atoms with Crippen LogP contribution in [-0.4, -0.2) is 43.9 Å². The van der Waals surface area contributed by atoms with Crippen molar-refractivity contribution in [3.8, 4) is 5.75 Å². The lowest BCUT2D eigenvalue weighted by atomic mass is 9.56. The molecule has 3 fully saturated rings. The van der Waals surface area contributed by atoms with Crippen molar-refractivity contribution < 1.29 is 9.47 Å². The van der Waals surface area contributed by atoms with E-state index < -0.39 is 0 Å². The Labute approximate surface area is 145 Å². The number of nitrogens with zero attached hydrogens (tertiary/aromatic N) is 1. The molecule has 0 spiro atoms. The van der Waals surface area contributed by atoms with Crippen LogP contribution in [0.3, 0.4) is 0 Å². The Morgan fingerprint density at radius 1 is 1.29 bits per heavy atom. The summed E-state index contributed by atoms with van der Waals surface area (Å²) in [4.78, 5) is 2.84. The molecule has 1 saturated carbocycles. The summed E-state index contributed by atoms with van der Waals surface area (Å²) in [5.74, 6) is 2.79. The number of rotatable bonds is 4. The molecule has 4 aliphatic rings. The summed E-state index contributed by atoms with van der Waals surface area (Å²) in [7, 11) is 0. The molecule has 2 aliphatic heterocycles. The molecule has 1 aromatic carbocycles. The number of benzene rings is 1. The van der Waals surface area contributed by atoms with E-state index in [1.165, 1.54) is 45.2 Å². The van der Waals surface area contributed by atoms with Crippen LogP contribution in [0.15, 0.2) is 18.2 Å². The Bertz CT molecular complexity index is 626. The van der Waals surface area contributed by atoms with Crippen LogP contribution in [-0.2, 0) is 16.6 Å². The lowest BCUT2D eigenvalue weighted by molar-refractivity contribution is -0.0838. The molecular formula is C21H29NO2. The smallest absolute Gasteiger partial charge is 0.119 e. The van der Waals surface area contributed by atoms with Crippen molar-refractivity contribution in [2.75, 3.05) is 32.9 Å². The van der Waals surface area contributed by atoms with E-state index in [1.54, 1.807) is 11.1 Å². The first-order valence-electron chi connectivity index (χ1n) is 9.88. The Balaban J connectivity index is 1.54. The average Bonchev–Trinajstić information content (AvgIpc) is 3.42. The SMILES string of the molecule is CCOc1ccc2c(c1)[C@]13CCN(CC4CC4)[C@H](C2)[C@@H]1CCOC3. The van der Waals surface area contributed by atoms with E-state index >= 15 is 0 Å². The van der Waals surface area contributed by atoms with Gasteiger partial charge in [0.25, 0.3) is 0 Å². The molecule has 0 amide bonds. The van der Waals surface area contributed by atoms with Crippen LogP contribution in [0.4, 0.5) is 0 Å². The molecule has 24 heavy (non-hydrogen) atoms. The Kier molecular flexibility index (Phi) is 3.64. The van der Waals surface area contributed by atoms with E-state index in [-0.39, 0.29) is 5.41 Å². The van der Waals surface area contributed by atoms with Crippen molar-refractivity contribution in [1.82, 2.24) is 4.90 Å². The van der Waals surface area contributed by atoms with Gasteiger partial charge in [-0.05, 0) is 80.7 Å². The number of fused-ring (bicyclic) bond motifs is 1. The summed E-state index contributed by atoms with van der Waals surface area (Å²) in [6.07, 6.45) is 6.61. The van der Waals surface area contributed by atoms with Gasteiger partial charge < -0.3 is 9.47 Å². The number of hydrogen-bond acceptors (Lipinski definition) is 3. The van der Waals surface area contributed by atoms with Gasteiger partial charge in [-0.1, -0.05) is 6.07 Å². The molecular weight excluding hydrogens is 298 g/mol. The Morgan fingerprint density at radius 3 is 3.04 bits per heavy atom. The van der Waals surface area contributed by atoms with Crippen molar-refractivity contribution in [2.24, 2.45) is 11.8 Å². The summed E-state index contributed by atoms with van der Waals surface area (Å²) < 4.78 is 11.9. The Hall–Kier alpha value is -1.06. The van der Waals surface area contributed by atoms with Gasteiger partial charge in [0, 0.05) is 24.6 Å². The molecule has 2 saturated heterocycles. The number of likely N-dealkylation sites (tertiary alicyclic amines) is 1. The first kappa shape index (κ1) is 15.2. The fourth-order valence-electron chi connectivity index (χ4n) is 5.65. The van der Waals surface area contributed by atoms with Crippen molar-refractivity contribution in [3.63, 3.8) is 0 Å². The minimum atomic E-state index is 0.240. The zero-order valence-corrected chi connectivity index (χ0v) is 14.8. The highest BCUT2D eigenvalue weighted by atomic mass is 16.5. The highest BCUT2D eigenvalue weighted by Gasteiger charge is 2.54. The van der Waals surface area contributed by atoms with Crippen molar-refractivity contribution in [1.29, 1.82) is 0 Å². The molecule has 3 atom stereocenters. The molecule has 5 rings (SSSR count). The summed E-state index contributed by atoms with van der Waals surface area (Å²) in [6.45, 7) is 7.25. The van der Waals surface area contributed by atoms with Gasteiger partial charge in [0.1, 0.15) is 5.75 Å². The third-order valence-electron chi connectivity index (χ3n) is 6.97. The van der Waals surface area contributed by atoms with Crippen LogP contribution in [0.5, 0.6) is 5.75 Å². The van der Waals surface area contributed by atoms with Gasteiger partial charge in [0.2, 0.25) is 0 Å². The zero-order valence-electron chi connectivity index (χ0n) is 14.8. The fraction of sp³-hybridized carbons (Fsp3) is 0.714. The maximum Gasteiger partial charge on any atom is 0.119 e. The first-order valence-corrected chi connectivity index (χ1v) is 9.88. The molecule has 0 N–H and O–H groups in total. The number of ether oxygens (including phenoxy) is 2. The molecule has 0 unspecified atom stereocenters. The maximum absolute atomic E-state index is 6.04. The second kappa shape index (κ2) is 5.74. The normalized spacial score (nSPS) is 35.2. The highest BCUT2D eigenvalue weighted by molar-refractivity contribution is 5.45. The molecule has 0 radical (unpaired) electrons. The molecule has 2 aliphatic carbocycles. The lowest BCUT2D eigenvalue weighted by Crippen LogP contribution is -2.63. The van der Waals surface area contributed by atoms with E-state index in [2.05, 4.69) is 30.0 Å². The van der Waals surface area contributed by atoms with Crippen LogP contribution >= 0.6 is 0 Å². The van der Waals surface area contributed by atoms with Crippen LogP contribution < -0.4 is 4.74 Å². The molecule has 2 heterocycles. The van der Waals surface area contributed by atoms with E-state index in [9.17, 15) is 0 Å². The van der Waals surface area contributed by atoms with Gasteiger partial charge in [-0.2, -0.15) is 0 Å². The second-order valence-electron chi connectivity index (χ2n) is 8.32. The quantitative estimate of drug-likeness (QED) is 0.846. The second-order valence-corrected chi connectivity index (χ2v) is 8.32. The lowest BCUT2D eigenvalue weighted by Gasteiger charge is -2.58. The van der Waals surface area contributed by atoms with Gasteiger partial charge in [0.15, 0.2) is 0 Å². The van der Waals surface area contributed by atoms with Crippen LogP contribution in [0.1, 0.15) is 43.7 Å². The minimum Gasteiger partial charge on any atom is -0.494 e. The van der Waals surface area contributed by atoms with Gasteiger partial charge in [0.05, 0.1) is 13.2 Å². The average molecular weight is 327 g/mol. The van der Waals surface area contributed by atoms with Crippen molar-refractivity contribution in [2.45, 2.75) is 50.5 Å². The van der Waals surface area contributed by atoms with Gasteiger partial charge in [-0.3, -0.25) is 4.90 Å². The van der Waals surface area contributed by atoms with Gasteiger partial charge in [-0.15, -0.1) is 0 Å². The maximum atomic E-state index is 6.04. The summed E-state index contributed by atoms with van der Waals surface area (Å²) >= 11 is 0. The van der Waals surface area contributed by atoms with Gasteiger partial charge in [-0.25, -0.2) is 0 Å². The van der Waals surface area contributed by atoms with E-state index in [1.807, 2.05) is 0 Å². The number of hydrogen-bond donors (Lipinski definition) is 0. The topological polar surface area (TPSA) is 21.7 Å². The van der Waals surface area contributed by atoms with Crippen LogP contribution in [0.2, 0.25) is 0 Å². The third kappa shape index (κ3) is 2.32.